The number of aryl methyl sites for hydroxylation is 1. The molecule has 0 unspecified atom stereocenters. The van der Waals surface area contributed by atoms with Crippen molar-refractivity contribution < 1.29 is 0 Å². The molecule has 0 atom stereocenters. The molecule has 0 aliphatic carbocycles. The Kier molecular flexibility index (Phi) is 1.96. The maximum atomic E-state index is 5.12. The number of aromatic nitrogens is 2. The van der Waals surface area contributed by atoms with Crippen LogP contribution in [0.3, 0.4) is 0 Å². The first kappa shape index (κ1) is 8.25. The van der Waals surface area contributed by atoms with Crippen LogP contribution in [0.5, 0.6) is 0 Å². The van der Waals surface area contributed by atoms with Crippen LogP contribution >= 0.6 is 34.8 Å². The Morgan fingerprint density at radius 2 is 2.25 bits per heavy atom. The molecule has 0 spiro atoms. The molecule has 2 aromatic rings. The summed E-state index contributed by atoms with van der Waals surface area (Å²) in [4.78, 5) is 3.14. The number of halogens is 1. The van der Waals surface area contributed by atoms with Crippen LogP contribution < -0.4 is 0 Å². The first-order valence-electron chi connectivity index (χ1n) is 3.53. The Hall–Kier alpha value is -0.360. The van der Waals surface area contributed by atoms with E-state index in [4.69, 9.17) is 12.2 Å². The highest BCUT2D eigenvalue weighted by Crippen LogP contribution is 2.18. The smallest absolute Gasteiger partial charge is 0.177 e. The van der Waals surface area contributed by atoms with E-state index in [1.807, 2.05) is 23.7 Å². The van der Waals surface area contributed by atoms with Gasteiger partial charge in [0.25, 0.3) is 0 Å². The standard InChI is InChI=1S/C8H7IN2S/c1-11-7-5(9)3-2-4-6(7)10-8(11)12/h2-4H,1H3,(H,10,12). The van der Waals surface area contributed by atoms with Crippen LogP contribution in [0.2, 0.25) is 0 Å². The highest BCUT2D eigenvalue weighted by Gasteiger charge is 2.02. The second kappa shape index (κ2) is 2.85. The lowest BCUT2D eigenvalue weighted by atomic mass is 10.3. The number of para-hydroxylation sites is 1. The summed E-state index contributed by atoms with van der Waals surface area (Å²) in [7, 11) is 1.98. The minimum Gasteiger partial charge on any atom is -0.331 e. The van der Waals surface area contributed by atoms with Crippen molar-refractivity contribution in [2.24, 2.45) is 7.05 Å². The Morgan fingerprint density at radius 3 is 2.92 bits per heavy atom. The van der Waals surface area contributed by atoms with E-state index in [1.165, 1.54) is 9.09 Å². The van der Waals surface area contributed by atoms with Crippen LogP contribution in [-0.4, -0.2) is 9.55 Å². The first-order chi connectivity index (χ1) is 5.70. The lowest BCUT2D eigenvalue weighted by Gasteiger charge is -1.96. The summed E-state index contributed by atoms with van der Waals surface area (Å²) < 4.78 is 3.99. The van der Waals surface area contributed by atoms with E-state index in [2.05, 4.69) is 33.6 Å². The van der Waals surface area contributed by atoms with Gasteiger partial charge in [-0.1, -0.05) is 6.07 Å². The quantitative estimate of drug-likeness (QED) is 0.584. The Bertz CT molecular complexity index is 483. The molecule has 0 bridgehead atoms. The molecule has 4 heteroatoms. The number of benzene rings is 1. The van der Waals surface area contributed by atoms with Crippen molar-refractivity contribution in [3.05, 3.63) is 26.5 Å². The molecule has 0 saturated carbocycles. The Balaban J connectivity index is 3.07. The van der Waals surface area contributed by atoms with Gasteiger partial charge >= 0.3 is 0 Å². The van der Waals surface area contributed by atoms with Gasteiger partial charge in [0, 0.05) is 10.6 Å². The van der Waals surface area contributed by atoms with Gasteiger partial charge in [-0.05, 0) is 46.9 Å². The van der Waals surface area contributed by atoms with E-state index in [1.54, 1.807) is 0 Å². The summed E-state index contributed by atoms with van der Waals surface area (Å²) in [5.74, 6) is 0. The highest BCUT2D eigenvalue weighted by atomic mass is 127. The van der Waals surface area contributed by atoms with Crippen molar-refractivity contribution in [1.29, 1.82) is 0 Å². The lowest BCUT2D eigenvalue weighted by molar-refractivity contribution is 0.925. The lowest BCUT2D eigenvalue weighted by Crippen LogP contribution is -1.88. The molecule has 1 heterocycles. The van der Waals surface area contributed by atoms with Gasteiger partial charge in [-0.3, -0.25) is 0 Å². The monoisotopic (exact) mass is 290 g/mol. The van der Waals surface area contributed by atoms with Crippen LogP contribution in [0, 0.1) is 8.34 Å². The molecular formula is C8H7IN2S. The fourth-order valence-corrected chi connectivity index (χ4v) is 2.32. The summed E-state index contributed by atoms with van der Waals surface area (Å²) in [5, 5.41) is 0. The third kappa shape index (κ3) is 1.09. The zero-order valence-corrected chi connectivity index (χ0v) is 9.44. The van der Waals surface area contributed by atoms with E-state index in [0.29, 0.717) is 0 Å². The number of aromatic amines is 1. The molecule has 12 heavy (non-hydrogen) atoms. The van der Waals surface area contributed by atoms with Gasteiger partial charge in [0.15, 0.2) is 4.77 Å². The van der Waals surface area contributed by atoms with Crippen molar-refractivity contribution in [1.82, 2.24) is 9.55 Å². The third-order valence-corrected chi connectivity index (χ3v) is 3.11. The predicted octanol–water partition coefficient (Wildman–Crippen LogP) is 2.84. The summed E-state index contributed by atoms with van der Waals surface area (Å²) in [6.45, 7) is 0. The molecule has 62 valence electrons. The molecule has 0 fully saturated rings. The summed E-state index contributed by atoms with van der Waals surface area (Å²) >= 11 is 7.43. The number of nitrogens with zero attached hydrogens (tertiary/aromatic N) is 1. The van der Waals surface area contributed by atoms with Crippen LogP contribution in [0.15, 0.2) is 18.2 Å². The van der Waals surface area contributed by atoms with Crippen LogP contribution in [0.1, 0.15) is 0 Å². The number of hydrogen-bond acceptors (Lipinski definition) is 1. The van der Waals surface area contributed by atoms with Crippen LogP contribution in [-0.2, 0) is 7.05 Å². The minimum atomic E-state index is 0.772. The van der Waals surface area contributed by atoms with E-state index >= 15 is 0 Å². The maximum Gasteiger partial charge on any atom is 0.177 e. The molecular weight excluding hydrogens is 283 g/mol. The number of H-pyrrole nitrogens is 1. The summed E-state index contributed by atoms with van der Waals surface area (Å²) in [6, 6.07) is 6.13. The van der Waals surface area contributed by atoms with Crippen molar-refractivity contribution >= 4 is 45.8 Å². The second-order valence-electron chi connectivity index (χ2n) is 2.63. The average Bonchev–Trinajstić information content (AvgIpc) is 2.29. The van der Waals surface area contributed by atoms with Crippen molar-refractivity contribution in [2.75, 3.05) is 0 Å². The SMILES string of the molecule is Cn1c(=S)[nH]c2cccc(I)c21. The van der Waals surface area contributed by atoms with Gasteiger partial charge in [-0.2, -0.15) is 0 Å². The number of hydrogen-bond donors (Lipinski definition) is 1. The third-order valence-electron chi connectivity index (χ3n) is 1.87. The first-order valence-corrected chi connectivity index (χ1v) is 5.02. The molecule has 0 saturated heterocycles. The van der Waals surface area contributed by atoms with Crippen molar-refractivity contribution in [3.8, 4) is 0 Å². The molecule has 1 aromatic heterocycles. The zero-order chi connectivity index (χ0) is 8.72. The van der Waals surface area contributed by atoms with Crippen LogP contribution in [0.25, 0.3) is 11.0 Å². The van der Waals surface area contributed by atoms with Crippen molar-refractivity contribution in [2.45, 2.75) is 0 Å². The largest absolute Gasteiger partial charge is 0.331 e. The number of nitrogens with one attached hydrogen (secondary N) is 1. The number of fused-ring (bicyclic) bond motifs is 1. The average molecular weight is 290 g/mol. The molecule has 0 aliphatic rings. The van der Waals surface area contributed by atoms with E-state index in [-0.39, 0.29) is 0 Å². The number of rotatable bonds is 0. The maximum absolute atomic E-state index is 5.12. The summed E-state index contributed by atoms with van der Waals surface area (Å²) in [5.41, 5.74) is 2.29. The van der Waals surface area contributed by atoms with E-state index in [0.717, 1.165) is 10.3 Å². The molecule has 0 amide bonds. The van der Waals surface area contributed by atoms with Crippen molar-refractivity contribution in [3.63, 3.8) is 0 Å². The molecule has 2 nitrogen and oxygen atoms in total. The highest BCUT2D eigenvalue weighted by molar-refractivity contribution is 14.1. The van der Waals surface area contributed by atoms with E-state index in [9.17, 15) is 0 Å². The topological polar surface area (TPSA) is 20.7 Å². The minimum absolute atomic E-state index is 0.772. The van der Waals surface area contributed by atoms with E-state index < -0.39 is 0 Å². The normalized spacial score (nSPS) is 10.8. The van der Waals surface area contributed by atoms with Gasteiger partial charge in [0.2, 0.25) is 0 Å². The van der Waals surface area contributed by atoms with Gasteiger partial charge in [0.05, 0.1) is 11.0 Å². The zero-order valence-electron chi connectivity index (χ0n) is 6.47. The number of imidazole rings is 1. The molecule has 1 aromatic carbocycles. The molecule has 0 radical (unpaired) electrons. The summed E-state index contributed by atoms with van der Waals surface area (Å²) in [6.07, 6.45) is 0. The Labute approximate surface area is 88.7 Å². The fraction of sp³-hybridized carbons (Fsp3) is 0.125. The van der Waals surface area contributed by atoms with Gasteiger partial charge in [-0.15, -0.1) is 0 Å². The van der Waals surface area contributed by atoms with Gasteiger partial charge in [-0.25, -0.2) is 0 Å². The predicted molar refractivity (Wildman–Crippen MR) is 60.8 cm³/mol. The Morgan fingerprint density at radius 1 is 1.50 bits per heavy atom. The van der Waals surface area contributed by atoms with Gasteiger partial charge in [0.1, 0.15) is 0 Å². The molecule has 1 N–H and O–H groups in total. The van der Waals surface area contributed by atoms with Gasteiger partial charge < -0.3 is 9.55 Å². The molecule has 0 aliphatic heterocycles. The molecule has 2 rings (SSSR count). The fourth-order valence-electron chi connectivity index (χ4n) is 1.26. The second-order valence-corrected chi connectivity index (χ2v) is 4.17. The van der Waals surface area contributed by atoms with Crippen LogP contribution in [0.4, 0.5) is 0 Å².